The van der Waals surface area contributed by atoms with Gasteiger partial charge in [-0.1, -0.05) is 23.7 Å². The van der Waals surface area contributed by atoms with Gasteiger partial charge in [0.05, 0.1) is 11.0 Å². The molecule has 1 fully saturated rings. The van der Waals surface area contributed by atoms with Crippen molar-refractivity contribution >= 4 is 35.2 Å². The Morgan fingerprint density at radius 3 is 2.76 bits per heavy atom. The highest BCUT2D eigenvalue weighted by Crippen LogP contribution is 2.38. The van der Waals surface area contributed by atoms with Crippen LogP contribution in [0.15, 0.2) is 42.5 Å². The molecule has 0 saturated carbocycles. The molecule has 172 valence electrons. The monoisotopic (exact) mass is 472 g/mol. The van der Waals surface area contributed by atoms with Crippen molar-refractivity contribution in [2.24, 2.45) is 0 Å². The molecule has 1 atom stereocenters. The lowest BCUT2D eigenvalue weighted by Gasteiger charge is -2.26. The van der Waals surface area contributed by atoms with Gasteiger partial charge in [0, 0.05) is 18.7 Å². The van der Waals surface area contributed by atoms with Gasteiger partial charge in [0.2, 0.25) is 0 Å². The second-order valence-corrected chi connectivity index (χ2v) is 7.96. The number of rotatable bonds is 6. The summed E-state index contributed by atoms with van der Waals surface area (Å²) in [5.74, 6) is 0.331. The van der Waals surface area contributed by atoms with Crippen LogP contribution in [0.2, 0.25) is 5.02 Å². The van der Waals surface area contributed by atoms with E-state index in [9.17, 15) is 19.7 Å². The highest BCUT2D eigenvalue weighted by atomic mass is 35.5. The first-order valence-electron chi connectivity index (χ1n) is 10.4. The Labute approximate surface area is 194 Å². The number of benzene rings is 2. The smallest absolute Gasteiger partial charge is 0.331 e. The minimum atomic E-state index is -0.726. The van der Waals surface area contributed by atoms with Gasteiger partial charge in [-0.25, -0.2) is 4.79 Å². The third-order valence-electron chi connectivity index (χ3n) is 5.44. The van der Waals surface area contributed by atoms with Crippen molar-refractivity contribution < 1.29 is 28.7 Å². The first kappa shape index (κ1) is 22.6. The van der Waals surface area contributed by atoms with E-state index in [2.05, 4.69) is 0 Å². The summed E-state index contributed by atoms with van der Waals surface area (Å²) in [6.07, 6.45) is 4.12. The van der Waals surface area contributed by atoms with Crippen molar-refractivity contribution in [1.82, 2.24) is 4.90 Å². The van der Waals surface area contributed by atoms with E-state index in [0.29, 0.717) is 36.8 Å². The maximum Gasteiger partial charge on any atom is 0.331 e. The van der Waals surface area contributed by atoms with Gasteiger partial charge in [-0.3, -0.25) is 14.9 Å². The Balaban J connectivity index is 1.35. The van der Waals surface area contributed by atoms with Crippen LogP contribution in [-0.4, -0.2) is 48.1 Å². The molecule has 2 aromatic carbocycles. The second kappa shape index (κ2) is 9.91. The summed E-state index contributed by atoms with van der Waals surface area (Å²) in [7, 11) is 0. The van der Waals surface area contributed by atoms with Gasteiger partial charge in [0.25, 0.3) is 11.6 Å². The number of likely N-dealkylation sites (tertiary alicyclic amines) is 1. The van der Waals surface area contributed by atoms with Gasteiger partial charge >= 0.3 is 5.97 Å². The highest BCUT2D eigenvalue weighted by Gasteiger charge is 2.31. The molecule has 4 rings (SSSR count). The number of carbonyl (C=O) groups excluding carboxylic acids is 2. The molecule has 0 spiro atoms. The molecule has 1 saturated heterocycles. The van der Waals surface area contributed by atoms with Crippen LogP contribution in [0.3, 0.4) is 0 Å². The van der Waals surface area contributed by atoms with E-state index in [1.807, 2.05) is 18.2 Å². The average Bonchev–Trinajstić information content (AvgIpc) is 3.31. The number of hydrogen-bond acceptors (Lipinski definition) is 7. The first-order chi connectivity index (χ1) is 15.9. The summed E-state index contributed by atoms with van der Waals surface area (Å²) in [5, 5.41) is 11.0. The molecular formula is C23H21ClN2O7. The molecule has 1 unspecified atom stereocenters. The largest absolute Gasteiger partial charge is 0.486 e. The van der Waals surface area contributed by atoms with Crippen LogP contribution in [0.25, 0.3) is 6.08 Å². The molecule has 10 heteroatoms. The molecule has 0 aliphatic carbocycles. The number of carbonyl (C=O) groups is 2. The standard InChI is InChI=1S/C23H21ClN2O7/c24-17-6-3-15(12-19(17)26(29)30)4-8-23(28)33-14-22(27)25-9-1-2-18(25)16-5-7-20-21(13-16)32-11-10-31-20/h3-8,12-13,18H,1-2,9-11,14H2/b8-4+. The Bertz CT molecular complexity index is 1120. The number of hydrogen-bond donors (Lipinski definition) is 0. The zero-order chi connectivity index (χ0) is 23.4. The number of fused-ring (bicyclic) bond motifs is 1. The number of halogens is 1. The van der Waals surface area contributed by atoms with Crippen LogP contribution in [0.1, 0.15) is 30.0 Å². The summed E-state index contributed by atoms with van der Waals surface area (Å²) >= 11 is 5.78. The van der Waals surface area contributed by atoms with Gasteiger partial charge in [-0.05, 0) is 48.2 Å². The van der Waals surface area contributed by atoms with E-state index in [1.165, 1.54) is 24.3 Å². The Hall–Kier alpha value is -3.59. The van der Waals surface area contributed by atoms with Gasteiger partial charge in [0.1, 0.15) is 18.2 Å². The van der Waals surface area contributed by atoms with Crippen molar-refractivity contribution in [3.8, 4) is 11.5 Å². The molecule has 1 amide bonds. The van der Waals surface area contributed by atoms with E-state index < -0.39 is 17.5 Å². The minimum Gasteiger partial charge on any atom is -0.486 e. The Morgan fingerprint density at radius 2 is 1.97 bits per heavy atom. The van der Waals surface area contributed by atoms with Crippen molar-refractivity contribution in [3.05, 3.63) is 68.7 Å². The summed E-state index contributed by atoms with van der Waals surface area (Å²) in [5.41, 5.74) is 1.09. The number of ether oxygens (including phenoxy) is 3. The van der Waals surface area contributed by atoms with Crippen LogP contribution in [0, 0.1) is 10.1 Å². The summed E-state index contributed by atoms with van der Waals surface area (Å²) in [6.45, 7) is 1.16. The van der Waals surface area contributed by atoms with E-state index in [0.717, 1.165) is 24.5 Å². The number of amides is 1. The van der Waals surface area contributed by atoms with E-state index in [-0.39, 0.29) is 22.7 Å². The minimum absolute atomic E-state index is 0.00325. The van der Waals surface area contributed by atoms with Crippen LogP contribution in [-0.2, 0) is 14.3 Å². The predicted molar refractivity (Wildman–Crippen MR) is 119 cm³/mol. The molecule has 2 aliphatic rings. The van der Waals surface area contributed by atoms with Crippen molar-refractivity contribution in [2.45, 2.75) is 18.9 Å². The topological polar surface area (TPSA) is 108 Å². The lowest BCUT2D eigenvalue weighted by molar-refractivity contribution is -0.384. The van der Waals surface area contributed by atoms with Crippen LogP contribution < -0.4 is 9.47 Å². The molecule has 0 bridgehead atoms. The fourth-order valence-corrected chi connectivity index (χ4v) is 4.07. The van der Waals surface area contributed by atoms with Gasteiger partial charge in [-0.2, -0.15) is 0 Å². The summed E-state index contributed by atoms with van der Waals surface area (Å²) < 4.78 is 16.3. The zero-order valence-electron chi connectivity index (χ0n) is 17.6. The lowest BCUT2D eigenvalue weighted by Crippen LogP contribution is -2.34. The molecule has 2 heterocycles. The maximum atomic E-state index is 12.7. The predicted octanol–water partition coefficient (Wildman–Crippen LogP) is 3.94. The number of nitrogens with zero attached hydrogens (tertiary/aromatic N) is 2. The molecule has 0 radical (unpaired) electrons. The SMILES string of the molecule is O=C(/C=C/c1ccc(Cl)c([N+](=O)[O-])c1)OCC(=O)N1CCCC1c1ccc2c(c1)OCCO2. The van der Waals surface area contributed by atoms with Crippen LogP contribution >= 0.6 is 11.6 Å². The Morgan fingerprint density at radius 1 is 1.18 bits per heavy atom. The van der Waals surface area contributed by atoms with Crippen LogP contribution in [0.4, 0.5) is 5.69 Å². The normalized spacial score (nSPS) is 17.2. The van der Waals surface area contributed by atoms with E-state index in [4.69, 9.17) is 25.8 Å². The van der Waals surface area contributed by atoms with Crippen molar-refractivity contribution in [3.63, 3.8) is 0 Å². The first-order valence-corrected chi connectivity index (χ1v) is 10.8. The summed E-state index contributed by atoms with van der Waals surface area (Å²) in [4.78, 5) is 36.9. The quantitative estimate of drug-likeness (QED) is 0.271. The molecular weight excluding hydrogens is 452 g/mol. The van der Waals surface area contributed by atoms with Crippen molar-refractivity contribution in [1.29, 1.82) is 0 Å². The number of nitro groups is 1. The fraction of sp³-hybridized carbons (Fsp3) is 0.304. The average molecular weight is 473 g/mol. The summed E-state index contributed by atoms with van der Waals surface area (Å²) in [6, 6.07) is 9.69. The van der Waals surface area contributed by atoms with Gasteiger partial charge < -0.3 is 19.1 Å². The van der Waals surface area contributed by atoms with Gasteiger partial charge in [-0.15, -0.1) is 0 Å². The molecule has 9 nitrogen and oxygen atoms in total. The second-order valence-electron chi connectivity index (χ2n) is 7.56. The number of esters is 1. The lowest BCUT2D eigenvalue weighted by atomic mass is 10.0. The fourth-order valence-electron chi connectivity index (χ4n) is 3.88. The van der Waals surface area contributed by atoms with Crippen LogP contribution in [0.5, 0.6) is 11.5 Å². The van der Waals surface area contributed by atoms with Gasteiger partial charge in [0.15, 0.2) is 18.1 Å². The third kappa shape index (κ3) is 5.25. The highest BCUT2D eigenvalue weighted by molar-refractivity contribution is 6.32. The molecule has 2 aliphatic heterocycles. The van der Waals surface area contributed by atoms with E-state index >= 15 is 0 Å². The van der Waals surface area contributed by atoms with E-state index in [1.54, 1.807) is 4.90 Å². The van der Waals surface area contributed by atoms with Crippen molar-refractivity contribution in [2.75, 3.05) is 26.4 Å². The number of nitro benzene ring substituents is 1. The molecule has 33 heavy (non-hydrogen) atoms. The third-order valence-corrected chi connectivity index (χ3v) is 5.76. The maximum absolute atomic E-state index is 12.7. The molecule has 0 aromatic heterocycles. The molecule has 0 N–H and O–H groups in total. The Kier molecular flexibility index (Phi) is 6.79. The molecule has 2 aromatic rings. The zero-order valence-corrected chi connectivity index (χ0v) is 18.3.